The molecule has 0 saturated carbocycles. The van der Waals surface area contributed by atoms with Crippen LogP contribution in [0.5, 0.6) is 5.75 Å². The molecule has 0 bridgehead atoms. The summed E-state index contributed by atoms with van der Waals surface area (Å²) in [5.41, 5.74) is 0.734. The van der Waals surface area contributed by atoms with Crippen LogP contribution in [0.2, 0.25) is 0 Å². The quantitative estimate of drug-likeness (QED) is 0.713. The standard InChI is InChI=1S/C18H24N4O2.2ClH/c23-18(6-5-15-7-8-19-13-15)21-16-3-1-2-4-17(16)24-12-11-22-10-9-20-14-22;;/h1-4,9-10,14-15,19H,5-8,11-13H2,(H,21,23);2*1H. The zero-order valence-electron chi connectivity index (χ0n) is 14.6. The Bertz CT molecular complexity index is 646. The fraction of sp³-hybridized carbons (Fsp3) is 0.444. The van der Waals surface area contributed by atoms with Crippen molar-refractivity contribution in [3.63, 3.8) is 0 Å². The summed E-state index contributed by atoms with van der Waals surface area (Å²) in [5, 5.41) is 6.31. The van der Waals surface area contributed by atoms with E-state index in [0.717, 1.165) is 31.7 Å². The van der Waals surface area contributed by atoms with Crippen molar-refractivity contribution in [3.05, 3.63) is 43.0 Å². The van der Waals surface area contributed by atoms with Gasteiger partial charge in [0.15, 0.2) is 0 Å². The lowest BCUT2D eigenvalue weighted by molar-refractivity contribution is -0.116. The third-order valence-electron chi connectivity index (χ3n) is 4.27. The minimum absolute atomic E-state index is 0. The van der Waals surface area contributed by atoms with Gasteiger partial charge in [-0.2, -0.15) is 0 Å². The number of ether oxygens (including phenoxy) is 1. The molecule has 1 aromatic carbocycles. The van der Waals surface area contributed by atoms with Crippen molar-refractivity contribution in [1.82, 2.24) is 14.9 Å². The molecule has 8 heteroatoms. The lowest BCUT2D eigenvalue weighted by atomic mass is 10.0. The van der Waals surface area contributed by atoms with Crippen LogP contribution in [0, 0.1) is 5.92 Å². The Morgan fingerprint density at radius 1 is 1.35 bits per heavy atom. The van der Waals surface area contributed by atoms with Gasteiger partial charge in [0.1, 0.15) is 12.4 Å². The number of hydrogen-bond donors (Lipinski definition) is 2. The second kappa shape index (κ2) is 11.8. The fourth-order valence-corrected chi connectivity index (χ4v) is 2.88. The third kappa shape index (κ3) is 6.86. The highest BCUT2D eigenvalue weighted by Crippen LogP contribution is 2.24. The molecule has 1 atom stereocenters. The Hall–Kier alpha value is -1.76. The molecule has 2 aromatic rings. The van der Waals surface area contributed by atoms with Gasteiger partial charge in [-0.1, -0.05) is 12.1 Å². The van der Waals surface area contributed by atoms with Gasteiger partial charge in [-0.25, -0.2) is 4.98 Å². The molecule has 2 heterocycles. The van der Waals surface area contributed by atoms with Crippen molar-refractivity contribution in [2.45, 2.75) is 25.8 Å². The molecule has 26 heavy (non-hydrogen) atoms. The van der Waals surface area contributed by atoms with Crippen LogP contribution in [0.15, 0.2) is 43.0 Å². The number of nitrogens with zero attached hydrogens (tertiary/aromatic N) is 2. The summed E-state index contributed by atoms with van der Waals surface area (Å²) < 4.78 is 7.77. The number of carbonyl (C=O) groups excluding carboxylic acids is 1. The Kier molecular flexibility index (Phi) is 10.1. The Labute approximate surface area is 166 Å². The second-order valence-corrected chi connectivity index (χ2v) is 6.09. The molecule has 1 saturated heterocycles. The maximum atomic E-state index is 12.2. The minimum Gasteiger partial charge on any atom is -0.490 e. The number of aromatic nitrogens is 2. The molecule has 2 N–H and O–H groups in total. The number of rotatable bonds is 8. The van der Waals surface area contributed by atoms with E-state index in [1.807, 2.05) is 35.0 Å². The molecule has 1 unspecified atom stereocenters. The predicted molar refractivity (Wildman–Crippen MR) is 108 cm³/mol. The predicted octanol–water partition coefficient (Wildman–Crippen LogP) is 3.13. The number of imidazole rings is 1. The molecule has 0 aliphatic carbocycles. The van der Waals surface area contributed by atoms with Crippen molar-refractivity contribution >= 4 is 36.4 Å². The lowest BCUT2D eigenvalue weighted by Crippen LogP contribution is -2.16. The van der Waals surface area contributed by atoms with Crippen molar-refractivity contribution in [1.29, 1.82) is 0 Å². The number of amides is 1. The molecular formula is C18H26Cl2N4O2. The highest BCUT2D eigenvalue weighted by Gasteiger charge is 2.16. The van der Waals surface area contributed by atoms with E-state index in [0.29, 0.717) is 24.7 Å². The fourth-order valence-electron chi connectivity index (χ4n) is 2.88. The summed E-state index contributed by atoms with van der Waals surface area (Å²) >= 11 is 0. The number of anilines is 1. The topological polar surface area (TPSA) is 68.2 Å². The molecule has 1 fully saturated rings. The average molecular weight is 401 g/mol. The minimum atomic E-state index is 0. The van der Waals surface area contributed by atoms with Crippen molar-refractivity contribution in [2.75, 3.05) is 25.0 Å². The van der Waals surface area contributed by atoms with Gasteiger partial charge in [0.05, 0.1) is 18.6 Å². The normalized spacial score (nSPS) is 15.6. The monoisotopic (exact) mass is 400 g/mol. The van der Waals surface area contributed by atoms with Gasteiger partial charge in [-0.3, -0.25) is 4.79 Å². The van der Waals surface area contributed by atoms with Gasteiger partial charge < -0.3 is 19.9 Å². The van der Waals surface area contributed by atoms with E-state index in [4.69, 9.17) is 4.74 Å². The first kappa shape index (κ1) is 22.3. The number of carbonyl (C=O) groups is 1. The largest absolute Gasteiger partial charge is 0.490 e. The van der Waals surface area contributed by atoms with E-state index < -0.39 is 0 Å². The van der Waals surface area contributed by atoms with Crippen LogP contribution in [0.25, 0.3) is 0 Å². The lowest BCUT2D eigenvalue weighted by Gasteiger charge is -2.13. The molecular weight excluding hydrogens is 375 g/mol. The molecule has 6 nitrogen and oxygen atoms in total. The van der Waals surface area contributed by atoms with Crippen LogP contribution in [-0.2, 0) is 11.3 Å². The first-order chi connectivity index (χ1) is 11.8. The van der Waals surface area contributed by atoms with Gasteiger partial charge >= 0.3 is 0 Å². The van der Waals surface area contributed by atoms with Crippen molar-refractivity contribution in [3.8, 4) is 5.75 Å². The van der Waals surface area contributed by atoms with Crippen LogP contribution in [0.3, 0.4) is 0 Å². The molecule has 1 aliphatic rings. The maximum Gasteiger partial charge on any atom is 0.224 e. The first-order valence-electron chi connectivity index (χ1n) is 8.49. The molecule has 0 spiro atoms. The average Bonchev–Trinajstić information content (AvgIpc) is 3.28. The Morgan fingerprint density at radius 2 is 2.19 bits per heavy atom. The van der Waals surface area contributed by atoms with E-state index in [9.17, 15) is 4.79 Å². The summed E-state index contributed by atoms with van der Waals surface area (Å²) in [6, 6.07) is 7.57. The highest BCUT2D eigenvalue weighted by atomic mass is 35.5. The van der Waals surface area contributed by atoms with Gasteiger partial charge in [0, 0.05) is 18.8 Å². The highest BCUT2D eigenvalue weighted by molar-refractivity contribution is 5.92. The molecule has 3 rings (SSSR count). The van der Waals surface area contributed by atoms with Crippen LogP contribution >= 0.6 is 24.8 Å². The molecule has 1 amide bonds. The summed E-state index contributed by atoms with van der Waals surface area (Å²) in [6.07, 6.45) is 8.05. The number of halogens is 2. The number of para-hydroxylation sites is 2. The van der Waals surface area contributed by atoms with Crippen LogP contribution < -0.4 is 15.4 Å². The van der Waals surface area contributed by atoms with Crippen LogP contribution in [0.1, 0.15) is 19.3 Å². The zero-order valence-corrected chi connectivity index (χ0v) is 16.2. The van der Waals surface area contributed by atoms with E-state index in [-0.39, 0.29) is 30.7 Å². The summed E-state index contributed by atoms with van der Waals surface area (Å²) in [4.78, 5) is 16.2. The molecule has 144 valence electrons. The Morgan fingerprint density at radius 3 is 2.92 bits per heavy atom. The van der Waals surface area contributed by atoms with E-state index in [1.54, 1.807) is 12.5 Å². The van der Waals surface area contributed by atoms with Gasteiger partial charge in [-0.15, -0.1) is 24.8 Å². The van der Waals surface area contributed by atoms with Crippen LogP contribution in [-0.4, -0.2) is 35.2 Å². The van der Waals surface area contributed by atoms with E-state index in [1.165, 1.54) is 6.42 Å². The van der Waals surface area contributed by atoms with Gasteiger partial charge in [-0.05, 0) is 44.0 Å². The molecule has 1 aliphatic heterocycles. The molecule has 0 radical (unpaired) electrons. The van der Waals surface area contributed by atoms with E-state index in [2.05, 4.69) is 15.6 Å². The Balaban J connectivity index is 0.00000169. The van der Waals surface area contributed by atoms with Crippen LogP contribution in [0.4, 0.5) is 5.69 Å². The smallest absolute Gasteiger partial charge is 0.224 e. The summed E-state index contributed by atoms with van der Waals surface area (Å²) in [5.74, 6) is 1.37. The maximum absolute atomic E-state index is 12.2. The number of hydrogen-bond acceptors (Lipinski definition) is 4. The van der Waals surface area contributed by atoms with Crippen molar-refractivity contribution in [2.24, 2.45) is 5.92 Å². The third-order valence-corrected chi connectivity index (χ3v) is 4.27. The second-order valence-electron chi connectivity index (χ2n) is 6.09. The summed E-state index contributed by atoms with van der Waals surface area (Å²) in [7, 11) is 0. The summed E-state index contributed by atoms with van der Waals surface area (Å²) in [6.45, 7) is 3.34. The van der Waals surface area contributed by atoms with Gasteiger partial charge in [0.2, 0.25) is 5.91 Å². The van der Waals surface area contributed by atoms with E-state index >= 15 is 0 Å². The number of benzene rings is 1. The van der Waals surface area contributed by atoms with Crippen molar-refractivity contribution < 1.29 is 9.53 Å². The first-order valence-corrected chi connectivity index (χ1v) is 8.49. The molecule has 1 aromatic heterocycles. The zero-order chi connectivity index (χ0) is 16.6. The SMILES string of the molecule is Cl.Cl.O=C(CCC1CCNC1)Nc1ccccc1OCCn1ccnc1. The van der Waals surface area contributed by atoms with Gasteiger partial charge in [0.25, 0.3) is 0 Å². The number of nitrogens with one attached hydrogen (secondary N) is 2.